The van der Waals surface area contributed by atoms with E-state index in [0.717, 1.165) is 7.11 Å². The maximum Gasteiger partial charge on any atom is 0.325 e. The number of hydrogen-bond donors (Lipinski definition) is 2. The molecule has 0 aromatic heterocycles. The maximum absolute atomic E-state index is 11.7. The van der Waals surface area contributed by atoms with Crippen molar-refractivity contribution in [3.63, 3.8) is 0 Å². The van der Waals surface area contributed by atoms with Crippen molar-refractivity contribution in [3.8, 4) is 0 Å². The van der Waals surface area contributed by atoms with Crippen LogP contribution in [-0.4, -0.2) is 44.0 Å². The van der Waals surface area contributed by atoms with Crippen molar-refractivity contribution in [1.82, 2.24) is 4.72 Å². The molecule has 96 valence electrons. The van der Waals surface area contributed by atoms with Crippen LogP contribution in [0, 0.1) is 0 Å². The molecule has 6 nitrogen and oxygen atoms in total. The lowest BCUT2D eigenvalue weighted by molar-refractivity contribution is -0.139. The number of aliphatic hydroxyl groups excluding tert-OH is 1. The Labute approximate surface area is 96.0 Å². The summed E-state index contributed by atoms with van der Waals surface area (Å²) in [6, 6.07) is 0. The van der Waals surface area contributed by atoms with Crippen molar-refractivity contribution >= 4 is 16.0 Å². The number of ether oxygens (including phenoxy) is 1. The van der Waals surface area contributed by atoms with Gasteiger partial charge in [-0.1, -0.05) is 6.92 Å². The van der Waals surface area contributed by atoms with Gasteiger partial charge in [-0.05, 0) is 20.3 Å². The normalized spacial score (nSPS) is 17.6. The molecule has 0 aliphatic carbocycles. The number of aliphatic hydroxyl groups is 1. The van der Waals surface area contributed by atoms with Crippen LogP contribution in [-0.2, 0) is 19.6 Å². The summed E-state index contributed by atoms with van der Waals surface area (Å²) in [5.74, 6) is -0.830. The summed E-state index contributed by atoms with van der Waals surface area (Å²) in [4.78, 5) is 11.1. The van der Waals surface area contributed by atoms with Crippen LogP contribution in [0.2, 0.25) is 0 Å². The lowest BCUT2D eigenvalue weighted by Crippen LogP contribution is -2.52. The number of esters is 1. The first-order chi connectivity index (χ1) is 7.22. The fourth-order valence-corrected chi connectivity index (χ4v) is 2.36. The summed E-state index contributed by atoms with van der Waals surface area (Å²) in [5, 5.41) is 7.79. The summed E-state index contributed by atoms with van der Waals surface area (Å²) >= 11 is 0. The molecule has 0 aliphatic rings. The highest BCUT2D eigenvalue weighted by atomic mass is 32.2. The first-order valence-corrected chi connectivity index (χ1v) is 6.48. The van der Waals surface area contributed by atoms with E-state index < -0.39 is 26.8 Å². The van der Waals surface area contributed by atoms with E-state index in [2.05, 4.69) is 9.46 Å². The third kappa shape index (κ3) is 3.73. The van der Waals surface area contributed by atoms with Gasteiger partial charge < -0.3 is 9.84 Å². The fourth-order valence-electron chi connectivity index (χ4n) is 0.941. The molecule has 0 heterocycles. The lowest BCUT2D eigenvalue weighted by Gasteiger charge is -2.28. The first-order valence-electron chi connectivity index (χ1n) is 4.94. The Balaban J connectivity index is 4.89. The van der Waals surface area contributed by atoms with E-state index in [1.54, 1.807) is 13.8 Å². The van der Waals surface area contributed by atoms with E-state index in [9.17, 15) is 13.2 Å². The van der Waals surface area contributed by atoms with Crippen LogP contribution >= 0.6 is 0 Å². The zero-order chi connectivity index (χ0) is 13.0. The third-order valence-electron chi connectivity index (χ3n) is 2.52. The van der Waals surface area contributed by atoms with E-state index in [1.165, 1.54) is 6.92 Å². The molecule has 0 bridgehead atoms. The van der Waals surface area contributed by atoms with Crippen molar-refractivity contribution in [2.24, 2.45) is 0 Å². The minimum atomic E-state index is -3.84. The number of methoxy groups -OCH3 is 1. The average molecular weight is 253 g/mol. The molecule has 7 heteroatoms. The van der Waals surface area contributed by atoms with Crippen LogP contribution in [0.15, 0.2) is 0 Å². The van der Waals surface area contributed by atoms with Gasteiger partial charge in [0.05, 0.1) is 19.3 Å². The zero-order valence-corrected chi connectivity index (χ0v) is 10.8. The molecule has 0 amide bonds. The maximum atomic E-state index is 11.7. The van der Waals surface area contributed by atoms with Gasteiger partial charge in [-0.25, -0.2) is 13.1 Å². The van der Waals surface area contributed by atoms with Crippen LogP contribution in [0.1, 0.15) is 27.2 Å². The predicted molar refractivity (Wildman–Crippen MR) is 59.3 cm³/mol. The Hall–Kier alpha value is -0.660. The number of carbonyl (C=O) groups excluding carboxylic acids is 1. The van der Waals surface area contributed by atoms with Gasteiger partial charge in [-0.3, -0.25) is 4.79 Å². The number of sulfonamides is 1. The second kappa shape index (κ2) is 5.60. The first kappa shape index (κ1) is 15.3. The number of hydrogen-bond acceptors (Lipinski definition) is 5. The third-order valence-corrected chi connectivity index (χ3v) is 4.42. The zero-order valence-electron chi connectivity index (χ0n) is 9.98. The summed E-state index contributed by atoms with van der Waals surface area (Å²) in [5.41, 5.74) is -0.957. The molecule has 2 unspecified atom stereocenters. The molecule has 16 heavy (non-hydrogen) atoms. The topological polar surface area (TPSA) is 92.7 Å². The van der Waals surface area contributed by atoms with Crippen molar-refractivity contribution in [2.75, 3.05) is 13.7 Å². The van der Waals surface area contributed by atoms with Crippen LogP contribution in [0.25, 0.3) is 0 Å². The standard InChI is InChI=1S/C9H19NO5S/c1-5-9(3,6-11)10-16(13,14)7(2)8(12)15-4/h7,10-11H,5-6H2,1-4H3. The van der Waals surface area contributed by atoms with Gasteiger partial charge in [0.1, 0.15) is 0 Å². The molecule has 2 N–H and O–H groups in total. The molecule has 0 fully saturated rings. The van der Waals surface area contributed by atoms with Gasteiger partial charge in [0, 0.05) is 0 Å². The summed E-state index contributed by atoms with van der Waals surface area (Å²) in [7, 11) is -2.71. The quantitative estimate of drug-likeness (QED) is 0.630. The van der Waals surface area contributed by atoms with Gasteiger partial charge in [0.25, 0.3) is 0 Å². The second-order valence-electron chi connectivity index (χ2n) is 3.88. The Kier molecular flexibility index (Phi) is 5.37. The number of rotatable bonds is 6. The smallest absolute Gasteiger partial charge is 0.325 e. The molecule has 0 rings (SSSR count). The van der Waals surface area contributed by atoms with E-state index in [1.807, 2.05) is 0 Å². The minimum absolute atomic E-state index is 0.337. The molecule has 0 aromatic rings. The summed E-state index contributed by atoms with van der Waals surface area (Å²) < 4.78 is 30.1. The predicted octanol–water partition coefficient (Wildman–Crippen LogP) is -0.372. The average Bonchev–Trinajstić information content (AvgIpc) is 2.26. The largest absolute Gasteiger partial charge is 0.468 e. The Morgan fingerprint density at radius 3 is 2.38 bits per heavy atom. The van der Waals surface area contributed by atoms with E-state index in [0.29, 0.717) is 6.42 Å². The fraction of sp³-hybridized carbons (Fsp3) is 0.889. The van der Waals surface area contributed by atoms with Gasteiger partial charge in [-0.15, -0.1) is 0 Å². The molecular formula is C9H19NO5S. The molecule has 0 saturated carbocycles. The highest BCUT2D eigenvalue weighted by Crippen LogP contribution is 2.12. The highest BCUT2D eigenvalue weighted by molar-refractivity contribution is 7.90. The van der Waals surface area contributed by atoms with E-state index in [-0.39, 0.29) is 6.61 Å². The molecule has 0 aliphatic heterocycles. The molecule has 0 saturated heterocycles. The molecule has 0 aromatic carbocycles. The SMILES string of the molecule is CCC(C)(CO)NS(=O)(=O)C(C)C(=O)OC. The van der Waals surface area contributed by atoms with E-state index >= 15 is 0 Å². The summed E-state index contributed by atoms with van der Waals surface area (Å²) in [6.07, 6.45) is 0.413. The molecule has 2 atom stereocenters. The van der Waals surface area contributed by atoms with Crippen molar-refractivity contribution in [1.29, 1.82) is 0 Å². The number of carbonyl (C=O) groups is 1. The Bertz CT molecular complexity index is 334. The van der Waals surface area contributed by atoms with Gasteiger partial charge in [0.2, 0.25) is 10.0 Å². The van der Waals surface area contributed by atoms with Gasteiger partial charge in [-0.2, -0.15) is 0 Å². The monoisotopic (exact) mass is 253 g/mol. The van der Waals surface area contributed by atoms with Crippen LogP contribution < -0.4 is 4.72 Å². The Morgan fingerprint density at radius 2 is 2.06 bits per heavy atom. The molecule has 0 spiro atoms. The minimum Gasteiger partial charge on any atom is -0.468 e. The molecular weight excluding hydrogens is 234 g/mol. The van der Waals surface area contributed by atoms with Crippen LogP contribution in [0.3, 0.4) is 0 Å². The molecule has 0 radical (unpaired) electrons. The van der Waals surface area contributed by atoms with Crippen molar-refractivity contribution in [2.45, 2.75) is 38.0 Å². The number of nitrogens with one attached hydrogen (secondary N) is 1. The van der Waals surface area contributed by atoms with Crippen molar-refractivity contribution in [3.05, 3.63) is 0 Å². The van der Waals surface area contributed by atoms with Gasteiger partial charge >= 0.3 is 5.97 Å². The van der Waals surface area contributed by atoms with Gasteiger partial charge in [0.15, 0.2) is 5.25 Å². The van der Waals surface area contributed by atoms with E-state index in [4.69, 9.17) is 5.11 Å². The lowest BCUT2D eigenvalue weighted by atomic mass is 10.0. The van der Waals surface area contributed by atoms with Crippen molar-refractivity contribution < 1.29 is 23.1 Å². The highest BCUT2D eigenvalue weighted by Gasteiger charge is 2.35. The Morgan fingerprint density at radius 1 is 1.56 bits per heavy atom. The second-order valence-corrected chi connectivity index (χ2v) is 5.89. The van der Waals surface area contributed by atoms with Crippen LogP contribution in [0.5, 0.6) is 0 Å². The van der Waals surface area contributed by atoms with Crippen LogP contribution in [0.4, 0.5) is 0 Å². The summed E-state index contributed by atoms with van der Waals surface area (Å²) in [6.45, 7) is 4.20.